The highest BCUT2D eigenvalue weighted by Gasteiger charge is 2.40. The fourth-order valence-corrected chi connectivity index (χ4v) is 7.98. The Kier molecular flexibility index (Phi) is 5.13. The highest BCUT2D eigenvalue weighted by molar-refractivity contribution is 7.91. The molecule has 4 rings (SSSR count). The number of carbonyl (C=O) groups excluding carboxylic acids is 1. The summed E-state index contributed by atoms with van der Waals surface area (Å²) in [6.07, 6.45) is 4.30. The van der Waals surface area contributed by atoms with E-state index in [9.17, 15) is 13.2 Å². The third-order valence-electron chi connectivity index (χ3n) is 5.20. The fraction of sp³-hybridized carbons (Fsp3) is 0.556. The predicted octanol–water partition coefficient (Wildman–Crippen LogP) is 3.43. The molecule has 2 atom stereocenters. The van der Waals surface area contributed by atoms with Crippen LogP contribution in [0.4, 0.5) is 5.13 Å². The lowest BCUT2D eigenvalue weighted by Gasteiger charge is -2.22. The highest BCUT2D eigenvalue weighted by Crippen LogP contribution is 2.34. The minimum Gasteiger partial charge on any atom is -0.301 e. The van der Waals surface area contributed by atoms with E-state index in [2.05, 4.69) is 17.2 Å². The number of thiophene rings is 1. The summed E-state index contributed by atoms with van der Waals surface area (Å²) in [5.74, 6) is 0.370. The number of nitrogens with one attached hydrogen (secondary N) is 1. The van der Waals surface area contributed by atoms with Crippen molar-refractivity contribution in [3.8, 4) is 0 Å². The summed E-state index contributed by atoms with van der Waals surface area (Å²) in [4.78, 5) is 19.6. The molecule has 2 aliphatic rings. The summed E-state index contributed by atoms with van der Waals surface area (Å²) in [5, 5.41) is 3.47. The molecule has 6 nitrogen and oxygen atoms in total. The normalized spacial score (nSPS) is 23.3. The Morgan fingerprint density at radius 1 is 1.30 bits per heavy atom. The van der Waals surface area contributed by atoms with Gasteiger partial charge in [-0.3, -0.25) is 4.79 Å². The van der Waals surface area contributed by atoms with Crippen molar-refractivity contribution in [3.63, 3.8) is 0 Å². The van der Waals surface area contributed by atoms with Crippen LogP contribution in [0.1, 0.15) is 41.6 Å². The van der Waals surface area contributed by atoms with Crippen molar-refractivity contribution in [2.45, 2.75) is 56.2 Å². The second-order valence-corrected chi connectivity index (χ2v) is 11.9. The molecule has 2 aromatic heterocycles. The molecule has 2 aromatic rings. The minimum absolute atomic E-state index is 0.275. The number of thiazole rings is 1. The zero-order valence-electron chi connectivity index (χ0n) is 15.4. The number of hydrogen-bond acceptors (Lipinski definition) is 6. The second kappa shape index (κ2) is 7.27. The first kappa shape index (κ1) is 19.0. The quantitative estimate of drug-likeness (QED) is 0.814. The van der Waals surface area contributed by atoms with Crippen LogP contribution in [0.5, 0.6) is 0 Å². The Labute approximate surface area is 167 Å². The molecule has 0 spiro atoms. The Bertz CT molecular complexity index is 964. The van der Waals surface area contributed by atoms with Gasteiger partial charge in [0.15, 0.2) is 5.13 Å². The fourth-order valence-electron chi connectivity index (χ4n) is 3.74. The lowest BCUT2D eigenvalue weighted by molar-refractivity contribution is -0.119. The van der Waals surface area contributed by atoms with E-state index in [1.165, 1.54) is 31.9 Å². The topological polar surface area (TPSA) is 79.4 Å². The van der Waals surface area contributed by atoms with Gasteiger partial charge in [-0.15, -0.1) is 22.7 Å². The van der Waals surface area contributed by atoms with Crippen LogP contribution in [-0.4, -0.2) is 36.2 Å². The van der Waals surface area contributed by atoms with Crippen LogP contribution in [0.2, 0.25) is 0 Å². The van der Waals surface area contributed by atoms with Gasteiger partial charge in [-0.25, -0.2) is 13.4 Å². The van der Waals surface area contributed by atoms with Gasteiger partial charge in [0.25, 0.3) is 10.0 Å². The van der Waals surface area contributed by atoms with E-state index in [1.807, 2.05) is 6.92 Å². The molecule has 1 aliphatic carbocycles. The Balaban J connectivity index is 1.51. The van der Waals surface area contributed by atoms with Crippen molar-refractivity contribution in [2.24, 2.45) is 5.92 Å². The Hall–Kier alpha value is -1.29. The summed E-state index contributed by atoms with van der Waals surface area (Å²) in [7, 11) is -3.64. The number of anilines is 1. The summed E-state index contributed by atoms with van der Waals surface area (Å²) < 4.78 is 27.6. The van der Waals surface area contributed by atoms with E-state index in [0.717, 1.165) is 29.8 Å². The van der Waals surface area contributed by atoms with Gasteiger partial charge in [0.2, 0.25) is 5.91 Å². The molecule has 1 saturated heterocycles. The highest BCUT2D eigenvalue weighted by atomic mass is 32.2. The SMILES string of the molecule is Cc1ccc(S(=O)(=O)N2CCC[C@H]2C(=O)Nc2nc3c(s2)C[C@@H](C)CC3)s1. The molecule has 0 aromatic carbocycles. The number of amides is 1. The smallest absolute Gasteiger partial charge is 0.253 e. The maximum atomic E-state index is 13.0. The van der Waals surface area contributed by atoms with Gasteiger partial charge in [-0.05, 0) is 57.1 Å². The van der Waals surface area contributed by atoms with E-state index in [1.54, 1.807) is 12.1 Å². The number of aromatic nitrogens is 1. The maximum Gasteiger partial charge on any atom is 0.253 e. The van der Waals surface area contributed by atoms with Gasteiger partial charge >= 0.3 is 0 Å². The maximum absolute atomic E-state index is 13.0. The molecule has 0 bridgehead atoms. The van der Waals surface area contributed by atoms with Crippen LogP contribution in [0.15, 0.2) is 16.3 Å². The monoisotopic (exact) mass is 425 g/mol. The molecule has 1 fully saturated rings. The van der Waals surface area contributed by atoms with Crippen molar-refractivity contribution in [1.29, 1.82) is 0 Å². The van der Waals surface area contributed by atoms with Crippen molar-refractivity contribution in [1.82, 2.24) is 9.29 Å². The van der Waals surface area contributed by atoms with Gasteiger partial charge in [0.1, 0.15) is 10.3 Å². The lowest BCUT2D eigenvalue weighted by Crippen LogP contribution is -2.42. The first-order valence-electron chi connectivity index (χ1n) is 9.22. The third kappa shape index (κ3) is 3.70. The first-order valence-corrected chi connectivity index (χ1v) is 12.3. The van der Waals surface area contributed by atoms with Crippen LogP contribution in [0.25, 0.3) is 0 Å². The lowest BCUT2D eigenvalue weighted by atomic mass is 9.93. The van der Waals surface area contributed by atoms with Crippen LogP contribution in [0.3, 0.4) is 0 Å². The zero-order valence-corrected chi connectivity index (χ0v) is 17.8. The average molecular weight is 426 g/mol. The number of nitrogens with zero attached hydrogens (tertiary/aromatic N) is 2. The van der Waals surface area contributed by atoms with Crippen molar-refractivity contribution >= 4 is 43.7 Å². The molecule has 0 saturated carbocycles. The van der Waals surface area contributed by atoms with E-state index in [4.69, 9.17) is 0 Å². The number of sulfonamides is 1. The number of carbonyl (C=O) groups is 1. The second-order valence-electron chi connectivity index (χ2n) is 7.36. The van der Waals surface area contributed by atoms with E-state index in [0.29, 0.717) is 34.6 Å². The third-order valence-corrected chi connectivity index (χ3v) is 9.61. The molecule has 3 heterocycles. The molecular formula is C18H23N3O3S3. The van der Waals surface area contributed by atoms with Crippen molar-refractivity contribution in [2.75, 3.05) is 11.9 Å². The molecule has 1 aliphatic heterocycles. The summed E-state index contributed by atoms with van der Waals surface area (Å²) in [6, 6.07) is 2.75. The number of hydrogen-bond donors (Lipinski definition) is 1. The van der Waals surface area contributed by atoms with Crippen LogP contribution in [-0.2, 0) is 27.7 Å². The number of aryl methyl sites for hydroxylation is 2. The van der Waals surface area contributed by atoms with Crippen LogP contribution in [0, 0.1) is 12.8 Å². The van der Waals surface area contributed by atoms with Gasteiger partial charge in [0, 0.05) is 16.3 Å². The van der Waals surface area contributed by atoms with E-state index < -0.39 is 16.1 Å². The molecule has 1 amide bonds. The standard InChI is InChI=1S/C18H23N3O3S3/c1-11-5-7-13-15(10-11)26-18(19-13)20-17(22)14-4-3-9-21(14)27(23,24)16-8-6-12(2)25-16/h6,8,11,14H,3-5,7,9-10H2,1-2H3,(H,19,20,22)/t11-,14-/m0/s1. The Morgan fingerprint density at radius 2 is 2.11 bits per heavy atom. The van der Waals surface area contributed by atoms with Gasteiger partial charge in [0.05, 0.1) is 5.69 Å². The summed E-state index contributed by atoms with van der Waals surface area (Å²) in [6.45, 7) is 4.49. The number of rotatable bonds is 4. The molecular weight excluding hydrogens is 402 g/mol. The molecule has 27 heavy (non-hydrogen) atoms. The molecule has 146 valence electrons. The van der Waals surface area contributed by atoms with Crippen LogP contribution >= 0.6 is 22.7 Å². The molecule has 1 N–H and O–H groups in total. The van der Waals surface area contributed by atoms with Crippen LogP contribution < -0.4 is 5.32 Å². The largest absolute Gasteiger partial charge is 0.301 e. The minimum atomic E-state index is -3.64. The predicted molar refractivity (Wildman–Crippen MR) is 108 cm³/mol. The molecule has 0 unspecified atom stereocenters. The van der Waals surface area contributed by atoms with Crippen molar-refractivity contribution in [3.05, 3.63) is 27.6 Å². The van der Waals surface area contributed by atoms with Gasteiger partial charge in [-0.1, -0.05) is 6.92 Å². The van der Waals surface area contributed by atoms with E-state index >= 15 is 0 Å². The molecule has 0 radical (unpaired) electrons. The first-order chi connectivity index (χ1) is 12.8. The Morgan fingerprint density at radius 3 is 2.85 bits per heavy atom. The summed E-state index contributed by atoms with van der Waals surface area (Å²) in [5.41, 5.74) is 1.08. The van der Waals surface area contributed by atoms with E-state index in [-0.39, 0.29) is 5.91 Å². The molecule has 9 heteroatoms. The number of fused-ring (bicyclic) bond motifs is 1. The average Bonchev–Trinajstić information content (AvgIpc) is 3.32. The zero-order chi connectivity index (χ0) is 19.2. The van der Waals surface area contributed by atoms with Gasteiger partial charge in [-0.2, -0.15) is 4.31 Å². The van der Waals surface area contributed by atoms with Crippen molar-refractivity contribution < 1.29 is 13.2 Å². The summed E-state index contributed by atoms with van der Waals surface area (Å²) >= 11 is 2.77. The van der Waals surface area contributed by atoms with Gasteiger partial charge < -0.3 is 5.32 Å².